The van der Waals surface area contributed by atoms with Crippen LogP contribution in [-0.2, 0) is 14.3 Å². The molecule has 2 amide bonds. The molecule has 5 heteroatoms. The molecule has 2 aliphatic heterocycles. The van der Waals surface area contributed by atoms with Crippen LogP contribution in [0, 0.1) is 16.7 Å². The Labute approximate surface area is 146 Å². The van der Waals surface area contributed by atoms with Gasteiger partial charge in [-0.1, -0.05) is 34.6 Å². The van der Waals surface area contributed by atoms with Gasteiger partial charge >= 0.3 is 0 Å². The number of nitrogens with zero attached hydrogens (tertiary/aromatic N) is 2. The molecule has 1 unspecified atom stereocenters. The van der Waals surface area contributed by atoms with Gasteiger partial charge in [-0.05, 0) is 36.8 Å². The molecule has 2 heterocycles. The highest BCUT2D eigenvalue weighted by Gasteiger charge is 2.43. The van der Waals surface area contributed by atoms with Crippen LogP contribution in [0.3, 0.4) is 0 Å². The molecule has 2 saturated heterocycles. The molecule has 0 saturated carbocycles. The van der Waals surface area contributed by atoms with Gasteiger partial charge in [0.15, 0.2) is 0 Å². The summed E-state index contributed by atoms with van der Waals surface area (Å²) in [6.45, 7) is 15.7. The van der Waals surface area contributed by atoms with E-state index in [0.29, 0.717) is 26.2 Å². The molecule has 1 atom stereocenters. The molecule has 0 radical (unpaired) electrons. The minimum absolute atomic E-state index is 0.0105. The monoisotopic (exact) mass is 338 g/mol. The minimum Gasteiger partial charge on any atom is -0.378 e. The summed E-state index contributed by atoms with van der Waals surface area (Å²) >= 11 is 0. The van der Waals surface area contributed by atoms with Crippen LogP contribution in [0.1, 0.15) is 53.9 Å². The zero-order valence-electron chi connectivity index (χ0n) is 16.1. The quantitative estimate of drug-likeness (QED) is 0.504. The van der Waals surface area contributed by atoms with Gasteiger partial charge in [0.25, 0.3) is 0 Å². The third-order valence-corrected chi connectivity index (χ3v) is 6.08. The van der Waals surface area contributed by atoms with Crippen LogP contribution in [-0.4, -0.2) is 61.0 Å². The van der Waals surface area contributed by atoms with E-state index in [-0.39, 0.29) is 28.6 Å². The van der Waals surface area contributed by atoms with Crippen molar-refractivity contribution in [3.8, 4) is 0 Å². The summed E-state index contributed by atoms with van der Waals surface area (Å²) in [4.78, 5) is 28.5. The van der Waals surface area contributed by atoms with Crippen molar-refractivity contribution < 1.29 is 14.3 Å². The number of amides is 2. The number of hydrogen-bond donors (Lipinski definition) is 0. The molecule has 0 aromatic carbocycles. The van der Waals surface area contributed by atoms with Gasteiger partial charge in [0.1, 0.15) is 0 Å². The number of imide groups is 1. The fourth-order valence-electron chi connectivity index (χ4n) is 3.13. The molecule has 2 aliphatic rings. The van der Waals surface area contributed by atoms with E-state index in [9.17, 15) is 9.59 Å². The van der Waals surface area contributed by atoms with Crippen molar-refractivity contribution in [3.05, 3.63) is 0 Å². The fourth-order valence-corrected chi connectivity index (χ4v) is 3.13. The summed E-state index contributed by atoms with van der Waals surface area (Å²) in [7, 11) is 0. The lowest BCUT2D eigenvalue weighted by molar-refractivity contribution is -0.140. The second kappa shape index (κ2) is 7.52. The van der Waals surface area contributed by atoms with Crippen LogP contribution in [0.15, 0.2) is 0 Å². The molecule has 0 aliphatic carbocycles. The highest BCUT2D eigenvalue weighted by Crippen LogP contribution is 2.44. The summed E-state index contributed by atoms with van der Waals surface area (Å²) in [5.41, 5.74) is 0.112. The van der Waals surface area contributed by atoms with E-state index in [1.807, 2.05) is 0 Å². The fraction of sp³-hybridized carbons (Fsp3) is 0.895. The van der Waals surface area contributed by atoms with E-state index in [2.05, 4.69) is 39.5 Å². The molecule has 138 valence electrons. The van der Waals surface area contributed by atoms with Gasteiger partial charge in [-0.2, -0.15) is 0 Å². The molecule has 2 rings (SSSR count). The predicted octanol–water partition coefficient (Wildman–Crippen LogP) is 2.55. The van der Waals surface area contributed by atoms with E-state index >= 15 is 0 Å². The summed E-state index contributed by atoms with van der Waals surface area (Å²) < 4.78 is 5.60. The smallest absolute Gasteiger partial charge is 0.232 e. The van der Waals surface area contributed by atoms with Crippen molar-refractivity contribution in [2.75, 3.05) is 39.4 Å². The maximum Gasteiger partial charge on any atom is 0.232 e. The van der Waals surface area contributed by atoms with E-state index in [1.54, 1.807) is 0 Å². The molecule has 0 aromatic heterocycles. The summed E-state index contributed by atoms with van der Waals surface area (Å²) in [6, 6.07) is 0. The van der Waals surface area contributed by atoms with Crippen LogP contribution in [0.2, 0.25) is 0 Å². The van der Waals surface area contributed by atoms with E-state index in [4.69, 9.17) is 4.74 Å². The van der Waals surface area contributed by atoms with Crippen molar-refractivity contribution in [1.82, 2.24) is 9.80 Å². The van der Waals surface area contributed by atoms with Crippen molar-refractivity contribution in [2.24, 2.45) is 16.7 Å². The first-order valence-corrected chi connectivity index (χ1v) is 9.26. The van der Waals surface area contributed by atoms with Crippen LogP contribution < -0.4 is 0 Å². The van der Waals surface area contributed by atoms with Gasteiger partial charge in [0, 0.05) is 18.9 Å². The lowest BCUT2D eigenvalue weighted by Crippen LogP contribution is -2.40. The Bertz CT molecular complexity index is 464. The Kier molecular flexibility index (Phi) is 6.08. The van der Waals surface area contributed by atoms with E-state index in [1.165, 1.54) is 11.3 Å². The maximum atomic E-state index is 12.6. The van der Waals surface area contributed by atoms with Gasteiger partial charge in [-0.15, -0.1) is 0 Å². The van der Waals surface area contributed by atoms with Crippen LogP contribution >= 0.6 is 0 Å². The Balaban J connectivity index is 1.76. The first-order valence-electron chi connectivity index (χ1n) is 9.26. The van der Waals surface area contributed by atoms with Crippen molar-refractivity contribution >= 4 is 11.8 Å². The van der Waals surface area contributed by atoms with E-state index < -0.39 is 0 Å². The Morgan fingerprint density at radius 1 is 1.04 bits per heavy atom. The summed E-state index contributed by atoms with van der Waals surface area (Å²) in [5, 5.41) is 0. The molecule has 2 fully saturated rings. The second-order valence-electron chi connectivity index (χ2n) is 8.93. The van der Waals surface area contributed by atoms with Crippen LogP contribution in [0.5, 0.6) is 0 Å². The highest BCUT2D eigenvalue weighted by atomic mass is 16.5. The Hall–Kier alpha value is -0.940. The largest absolute Gasteiger partial charge is 0.378 e. The zero-order valence-corrected chi connectivity index (χ0v) is 16.1. The first kappa shape index (κ1) is 19.4. The van der Waals surface area contributed by atoms with Gasteiger partial charge in [-0.3, -0.25) is 14.5 Å². The SMILES string of the molecule is CC(C)(C)C(C)(C)CC1CC(=O)N(CCOCCN2CCC2)C1=O. The van der Waals surface area contributed by atoms with Gasteiger partial charge in [-0.25, -0.2) is 0 Å². The number of hydrogen-bond acceptors (Lipinski definition) is 4. The maximum absolute atomic E-state index is 12.6. The van der Waals surface area contributed by atoms with Crippen molar-refractivity contribution in [1.29, 1.82) is 0 Å². The molecule has 0 N–H and O–H groups in total. The second-order valence-corrected chi connectivity index (χ2v) is 8.93. The normalized spacial score (nSPS) is 23.0. The van der Waals surface area contributed by atoms with Crippen LogP contribution in [0.4, 0.5) is 0 Å². The molecular formula is C19H34N2O3. The van der Waals surface area contributed by atoms with Gasteiger partial charge in [0.05, 0.1) is 19.8 Å². The minimum atomic E-state index is -0.173. The molecule has 0 spiro atoms. The van der Waals surface area contributed by atoms with Crippen LogP contribution in [0.25, 0.3) is 0 Å². The average molecular weight is 338 g/mol. The van der Waals surface area contributed by atoms with Gasteiger partial charge in [0.2, 0.25) is 11.8 Å². The number of carbonyl (C=O) groups is 2. The standard InChI is InChI=1S/C19H34N2O3/c1-18(2,3)19(4,5)14-15-13-16(22)21(17(15)23)10-12-24-11-9-20-7-6-8-20/h15H,6-14H2,1-5H3. The molecular weight excluding hydrogens is 304 g/mol. The highest BCUT2D eigenvalue weighted by molar-refractivity contribution is 6.03. The lowest BCUT2D eigenvalue weighted by Gasteiger charge is -2.40. The third-order valence-electron chi connectivity index (χ3n) is 6.08. The average Bonchev–Trinajstić information content (AvgIpc) is 2.65. The van der Waals surface area contributed by atoms with Gasteiger partial charge < -0.3 is 9.64 Å². The third kappa shape index (κ3) is 4.57. The molecule has 24 heavy (non-hydrogen) atoms. The predicted molar refractivity (Wildman–Crippen MR) is 94.6 cm³/mol. The molecule has 0 aromatic rings. The van der Waals surface area contributed by atoms with E-state index in [0.717, 1.165) is 26.1 Å². The Morgan fingerprint density at radius 2 is 1.67 bits per heavy atom. The van der Waals surface area contributed by atoms with Crippen molar-refractivity contribution in [3.63, 3.8) is 0 Å². The number of likely N-dealkylation sites (tertiary alicyclic amines) is 2. The lowest BCUT2D eigenvalue weighted by atomic mass is 9.65. The summed E-state index contributed by atoms with van der Waals surface area (Å²) in [5.74, 6) is -0.225. The number of ether oxygens (including phenoxy) is 1. The number of rotatable bonds is 8. The topological polar surface area (TPSA) is 49.9 Å². The zero-order chi connectivity index (χ0) is 18.0. The molecule has 0 bridgehead atoms. The van der Waals surface area contributed by atoms with Crippen molar-refractivity contribution in [2.45, 2.75) is 53.9 Å². The molecule has 5 nitrogen and oxygen atoms in total. The number of carbonyl (C=O) groups excluding carboxylic acids is 2. The first-order chi connectivity index (χ1) is 11.1. The Morgan fingerprint density at radius 3 is 2.21 bits per heavy atom. The summed E-state index contributed by atoms with van der Waals surface area (Å²) in [6.07, 6.45) is 2.39.